The van der Waals surface area contributed by atoms with E-state index in [2.05, 4.69) is 22.1 Å². The van der Waals surface area contributed by atoms with Crippen LogP contribution in [0.1, 0.15) is 19.8 Å². The number of aromatic nitrogens is 2. The number of methoxy groups -OCH3 is 2. The first-order valence-electron chi connectivity index (χ1n) is 10.2. The van der Waals surface area contributed by atoms with E-state index in [1.165, 1.54) is 25.1 Å². The Bertz CT molecular complexity index is 923. The molecule has 1 N–H and O–H groups in total. The summed E-state index contributed by atoms with van der Waals surface area (Å²) in [7, 11) is 3.06. The predicted molar refractivity (Wildman–Crippen MR) is 113 cm³/mol. The monoisotopic (exact) mass is 418 g/mol. The topological polar surface area (TPSA) is 94.9 Å². The second-order valence-corrected chi connectivity index (χ2v) is 7.37. The Kier molecular flexibility index (Phi) is 7.64. The van der Waals surface area contributed by atoms with E-state index in [9.17, 15) is 9.59 Å². The number of rotatable bonds is 9. The van der Waals surface area contributed by atoms with Gasteiger partial charge in [-0.15, -0.1) is 0 Å². The lowest BCUT2D eigenvalue weighted by Gasteiger charge is -2.32. The molecule has 9 heteroatoms. The lowest BCUT2D eigenvalue weighted by atomic mass is 10.2. The Morgan fingerprint density at radius 1 is 1.23 bits per heavy atom. The summed E-state index contributed by atoms with van der Waals surface area (Å²) in [4.78, 5) is 31.6. The van der Waals surface area contributed by atoms with Crippen molar-refractivity contribution in [3.05, 3.63) is 28.8 Å². The molecule has 2 heterocycles. The highest BCUT2D eigenvalue weighted by molar-refractivity contribution is 5.81. The van der Waals surface area contributed by atoms with E-state index >= 15 is 0 Å². The fourth-order valence-electron chi connectivity index (χ4n) is 3.55. The number of morpholine rings is 1. The van der Waals surface area contributed by atoms with E-state index < -0.39 is 0 Å². The Hall–Kier alpha value is -2.65. The van der Waals surface area contributed by atoms with Gasteiger partial charge in [-0.05, 0) is 19.4 Å². The smallest absolute Gasteiger partial charge is 0.261 e. The molecular weight excluding hydrogens is 388 g/mol. The molecule has 0 spiro atoms. The van der Waals surface area contributed by atoms with Crippen molar-refractivity contribution in [1.82, 2.24) is 19.8 Å². The number of carbonyl (C=O) groups is 1. The van der Waals surface area contributed by atoms with Gasteiger partial charge in [-0.25, -0.2) is 4.98 Å². The highest BCUT2D eigenvalue weighted by Gasteiger charge is 2.17. The number of nitrogens with zero attached hydrogens (tertiary/aromatic N) is 3. The van der Waals surface area contributed by atoms with Gasteiger partial charge in [0.1, 0.15) is 0 Å². The highest BCUT2D eigenvalue weighted by Crippen LogP contribution is 2.29. The van der Waals surface area contributed by atoms with Gasteiger partial charge in [0.2, 0.25) is 5.91 Å². The number of aryl methyl sites for hydroxylation is 1. The third-order valence-electron chi connectivity index (χ3n) is 5.40. The molecule has 0 radical (unpaired) electrons. The number of hydrogen-bond acceptors (Lipinski definition) is 7. The first kappa shape index (κ1) is 22.0. The predicted octanol–water partition coefficient (Wildman–Crippen LogP) is 1.03. The van der Waals surface area contributed by atoms with Crippen LogP contribution in [-0.2, 0) is 16.1 Å². The molecule has 2 aromatic rings. The highest BCUT2D eigenvalue weighted by atomic mass is 16.5. The van der Waals surface area contributed by atoms with Crippen molar-refractivity contribution < 1.29 is 19.0 Å². The maximum Gasteiger partial charge on any atom is 0.261 e. The average molecular weight is 418 g/mol. The second kappa shape index (κ2) is 10.4. The van der Waals surface area contributed by atoms with Crippen molar-refractivity contribution in [3.8, 4) is 11.5 Å². The quantitative estimate of drug-likeness (QED) is 0.650. The number of ether oxygens (including phenoxy) is 3. The first-order chi connectivity index (χ1) is 14.5. The van der Waals surface area contributed by atoms with Crippen LogP contribution in [0.5, 0.6) is 11.5 Å². The molecule has 1 fully saturated rings. The van der Waals surface area contributed by atoms with Gasteiger partial charge in [0.25, 0.3) is 5.56 Å². The van der Waals surface area contributed by atoms with Crippen molar-refractivity contribution in [2.75, 3.05) is 47.1 Å². The van der Waals surface area contributed by atoms with Gasteiger partial charge in [0.15, 0.2) is 11.5 Å². The molecule has 1 aliphatic heterocycles. The molecule has 0 saturated carbocycles. The van der Waals surface area contributed by atoms with Crippen LogP contribution in [0.15, 0.2) is 23.3 Å². The van der Waals surface area contributed by atoms with Gasteiger partial charge in [0, 0.05) is 44.7 Å². The lowest BCUT2D eigenvalue weighted by molar-refractivity contribution is -0.121. The van der Waals surface area contributed by atoms with Crippen LogP contribution in [0.3, 0.4) is 0 Å². The molecule has 3 rings (SSSR count). The van der Waals surface area contributed by atoms with Crippen LogP contribution in [-0.4, -0.2) is 73.5 Å². The minimum absolute atomic E-state index is 0.0108. The summed E-state index contributed by atoms with van der Waals surface area (Å²) in [5, 5.41) is 3.44. The molecule has 0 aliphatic carbocycles. The van der Waals surface area contributed by atoms with Crippen molar-refractivity contribution in [3.63, 3.8) is 0 Å². The molecule has 164 valence electrons. The summed E-state index contributed by atoms with van der Waals surface area (Å²) in [5.41, 5.74) is 0.381. The first-order valence-corrected chi connectivity index (χ1v) is 10.2. The molecule has 1 aliphatic rings. The van der Waals surface area contributed by atoms with Crippen LogP contribution in [0, 0.1) is 0 Å². The largest absolute Gasteiger partial charge is 0.493 e. The molecule has 1 atom stereocenters. The summed E-state index contributed by atoms with van der Waals surface area (Å²) < 4.78 is 17.4. The number of hydrogen-bond donors (Lipinski definition) is 1. The van der Waals surface area contributed by atoms with Crippen molar-refractivity contribution >= 4 is 16.8 Å². The van der Waals surface area contributed by atoms with Crippen LogP contribution in [0.25, 0.3) is 10.9 Å². The maximum absolute atomic E-state index is 12.8. The molecule has 1 unspecified atom stereocenters. The van der Waals surface area contributed by atoms with Gasteiger partial charge in [-0.1, -0.05) is 0 Å². The molecule has 1 saturated heterocycles. The summed E-state index contributed by atoms with van der Waals surface area (Å²) in [6.45, 7) is 6.41. The fraction of sp³-hybridized carbons (Fsp3) is 0.571. The van der Waals surface area contributed by atoms with Gasteiger partial charge >= 0.3 is 0 Å². The number of fused-ring (bicyclic) bond motifs is 1. The van der Waals surface area contributed by atoms with E-state index in [1.807, 2.05) is 0 Å². The zero-order chi connectivity index (χ0) is 21.5. The molecule has 1 aromatic heterocycles. The Morgan fingerprint density at radius 2 is 1.93 bits per heavy atom. The molecule has 1 amide bonds. The third kappa shape index (κ3) is 5.28. The van der Waals surface area contributed by atoms with Gasteiger partial charge in [-0.2, -0.15) is 0 Å². The van der Waals surface area contributed by atoms with Crippen molar-refractivity contribution in [2.45, 2.75) is 32.4 Å². The Labute approximate surface area is 175 Å². The molecule has 30 heavy (non-hydrogen) atoms. The van der Waals surface area contributed by atoms with Gasteiger partial charge in [-0.3, -0.25) is 19.1 Å². The molecule has 0 bridgehead atoms. The Morgan fingerprint density at radius 3 is 2.63 bits per heavy atom. The van der Waals surface area contributed by atoms with E-state index in [4.69, 9.17) is 14.2 Å². The van der Waals surface area contributed by atoms with Crippen molar-refractivity contribution in [2.24, 2.45) is 0 Å². The molecule has 1 aromatic carbocycles. The van der Waals surface area contributed by atoms with E-state index in [0.717, 1.165) is 26.3 Å². The standard InChI is InChI=1S/C21H30N4O5/c1-15(24-7-9-30-10-8-24)13-22-20(26)5-4-6-25-14-23-17-12-19(29-3)18(28-2)11-16(17)21(25)27/h11-12,14-15H,4-10,13H2,1-3H3,(H,22,26). The van der Waals surface area contributed by atoms with Crippen LogP contribution < -0.4 is 20.3 Å². The van der Waals surface area contributed by atoms with Gasteiger partial charge < -0.3 is 19.5 Å². The molecule has 9 nitrogen and oxygen atoms in total. The number of benzene rings is 1. The zero-order valence-electron chi connectivity index (χ0n) is 17.8. The van der Waals surface area contributed by atoms with Crippen LogP contribution >= 0.6 is 0 Å². The summed E-state index contributed by atoms with van der Waals surface area (Å²) in [6.07, 6.45) is 2.42. The van der Waals surface area contributed by atoms with Crippen LogP contribution in [0.2, 0.25) is 0 Å². The summed E-state index contributed by atoms with van der Waals surface area (Å²) >= 11 is 0. The van der Waals surface area contributed by atoms with E-state index in [-0.39, 0.29) is 17.5 Å². The average Bonchev–Trinajstić information content (AvgIpc) is 2.78. The van der Waals surface area contributed by atoms with Crippen LogP contribution in [0.4, 0.5) is 0 Å². The number of nitrogens with one attached hydrogen (secondary N) is 1. The van der Waals surface area contributed by atoms with Gasteiger partial charge in [0.05, 0.1) is 44.7 Å². The fourth-order valence-corrected chi connectivity index (χ4v) is 3.55. The number of carbonyl (C=O) groups excluding carboxylic acids is 1. The van der Waals surface area contributed by atoms with Crippen molar-refractivity contribution in [1.29, 1.82) is 0 Å². The summed E-state index contributed by atoms with van der Waals surface area (Å²) in [5.74, 6) is 0.997. The third-order valence-corrected chi connectivity index (χ3v) is 5.40. The maximum atomic E-state index is 12.8. The number of amides is 1. The minimum Gasteiger partial charge on any atom is -0.493 e. The second-order valence-electron chi connectivity index (χ2n) is 7.37. The summed E-state index contributed by atoms with van der Waals surface area (Å²) in [6, 6.07) is 3.60. The lowest BCUT2D eigenvalue weighted by Crippen LogP contribution is -2.47. The SMILES string of the molecule is COc1cc2ncn(CCCC(=O)NCC(C)N3CCOCC3)c(=O)c2cc1OC. The molecular formula is C21H30N4O5. The minimum atomic E-state index is -0.165. The van der Waals surface area contributed by atoms with E-state index in [0.29, 0.717) is 48.3 Å². The zero-order valence-corrected chi connectivity index (χ0v) is 17.8. The Balaban J connectivity index is 1.53. The normalized spacial score (nSPS) is 15.7. The van der Waals surface area contributed by atoms with E-state index in [1.54, 1.807) is 12.1 Å².